The Bertz CT molecular complexity index is 1250. The molecule has 0 N–H and O–H groups in total. The van der Waals surface area contributed by atoms with Gasteiger partial charge in [0.2, 0.25) is 0 Å². The first-order chi connectivity index (χ1) is 14.5. The first-order valence-electron chi connectivity index (χ1n) is 9.73. The van der Waals surface area contributed by atoms with E-state index in [4.69, 9.17) is 14.0 Å². The molecule has 10 heteroatoms. The predicted octanol–water partition coefficient (Wildman–Crippen LogP) is 2.36. The van der Waals surface area contributed by atoms with Crippen molar-refractivity contribution in [3.05, 3.63) is 54.4 Å². The minimum atomic E-state index is -3.94. The number of esters is 1. The number of ether oxygens (including phenoxy) is 1. The van der Waals surface area contributed by atoms with Crippen LogP contribution in [0.2, 0.25) is 0 Å². The van der Waals surface area contributed by atoms with Crippen molar-refractivity contribution in [2.75, 3.05) is 7.11 Å². The molecule has 0 amide bonds. The molecule has 0 radical (unpaired) electrons. The average molecular weight is 442 g/mol. The molecule has 3 heterocycles. The van der Waals surface area contributed by atoms with Crippen LogP contribution in [0.1, 0.15) is 38.1 Å². The van der Waals surface area contributed by atoms with Crippen LogP contribution in [0.4, 0.5) is 0 Å². The maximum Gasteiger partial charge on any atom is 0.497 e. The Morgan fingerprint density at radius 3 is 2.29 bits per heavy atom. The third kappa shape index (κ3) is 3.44. The fraction of sp³-hybridized carbons (Fsp3) is 0.333. The van der Waals surface area contributed by atoms with Gasteiger partial charge < -0.3 is 14.0 Å². The molecule has 1 fully saturated rings. The highest BCUT2D eigenvalue weighted by atomic mass is 32.2. The van der Waals surface area contributed by atoms with Crippen LogP contribution < -0.4 is 5.46 Å². The van der Waals surface area contributed by atoms with E-state index in [1.165, 1.54) is 31.6 Å². The first kappa shape index (κ1) is 21.5. The highest BCUT2D eigenvalue weighted by Crippen LogP contribution is 2.37. The van der Waals surface area contributed by atoms with E-state index < -0.39 is 34.3 Å². The number of carbonyl (C=O) groups is 1. The third-order valence-corrected chi connectivity index (χ3v) is 7.54. The van der Waals surface area contributed by atoms with Gasteiger partial charge in [-0.2, -0.15) is 0 Å². The molecule has 4 rings (SSSR count). The van der Waals surface area contributed by atoms with Gasteiger partial charge in [0, 0.05) is 23.2 Å². The highest BCUT2D eigenvalue weighted by Gasteiger charge is 2.52. The number of aromatic nitrogens is 2. The molecule has 8 nitrogen and oxygen atoms in total. The number of carbonyl (C=O) groups excluding carboxylic acids is 1. The molecule has 0 aliphatic carbocycles. The smallest absolute Gasteiger partial charge is 0.465 e. The Hall–Kier alpha value is -2.69. The number of nitrogens with zero attached hydrogens (tertiary/aromatic N) is 2. The fourth-order valence-corrected chi connectivity index (χ4v) is 4.73. The molecule has 0 atom stereocenters. The Labute approximate surface area is 181 Å². The van der Waals surface area contributed by atoms with E-state index in [9.17, 15) is 13.2 Å². The van der Waals surface area contributed by atoms with Gasteiger partial charge in [0.25, 0.3) is 10.0 Å². The molecule has 1 aromatic carbocycles. The largest absolute Gasteiger partial charge is 0.497 e. The standard InChI is InChI=1S/C21H23BN2O6S/c1-20(2)21(3,4)30-22(29-20)17-13-24(31(26,27)15-9-7-6-8-10-15)18-16(17)11-14(12-23-18)19(25)28-5/h6-13H,1-5H3. The molecule has 0 bridgehead atoms. The van der Waals surface area contributed by atoms with Crippen molar-refractivity contribution in [1.82, 2.24) is 8.96 Å². The van der Waals surface area contributed by atoms with Gasteiger partial charge in [0.05, 0.1) is 28.8 Å². The zero-order valence-corrected chi connectivity index (χ0v) is 18.8. The van der Waals surface area contributed by atoms with Crippen molar-refractivity contribution in [3.63, 3.8) is 0 Å². The van der Waals surface area contributed by atoms with E-state index >= 15 is 0 Å². The first-order valence-corrected chi connectivity index (χ1v) is 11.2. The van der Waals surface area contributed by atoms with E-state index in [1.54, 1.807) is 24.3 Å². The SMILES string of the molecule is COC(=O)c1cnc2c(c1)c(B1OC(C)(C)C(C)(C)O1)cn2S(=O)(=O)c1ccccc1. The van der Waals surface area contributed by atoms with Gasteiger partial charge in [-0.1, -0.05) is 18.2 Å². The number of benzene rings is 1. The van der Waals surface area contributed by atoms with Crippen LogP contribution in [0.3, 0.4) is 0 Å². The predicted molar refractivity (Wildman–Crippen MR) is 116 cm³/mol. The molecular formula is C21H23BN2O6S. The summed E-state index contributed by atoms with van der Waals surface area (Å²) in [4.78, 5) is 16.5. The summed E-state index contributed by atoms with van der Waals surface area (Å²) in [5.74, 6) is -0.576. The number of methoxy groups -OCH3 is 1. The normalized spacial score (nSPS) is 17.8. The van der Waals surface area contributed by atoms with Gasteiger partial charge in [0.1, 0.15) is 0 Å². The number of fused-ring (bicyclic) bond motifs is 1. The second kappa shape index (κ2) is 7.18. The minimum absolute atomic E-state index is 0.117. The Kier molecular flexibility index (Phi) is 4.99. The van der Waals surface area contributed by atoms with Gasteiger partial charge >= 0.3 is 13.1 Å². The molecule has 0 spiro atoms. The maximum absolute atomic E-state index is 13.4. The monoisotopic (exact) mass is 442 g/mol. The van der Waals surface area contributed by atoms with Crippen molar-refractivity contribution in [3.8, 4) is 0 Å². The Morgan fingerprint density at radius 1 is 1.10 bits per heavy atom. The lowest BCUT2D eigenvalue weighted by Gasteiger charge is -2.32. The maximum atomic E-state index is 13.4. The van der Waals surface area contributed by atoms with Crippen molar-refractivity contribution in [2.24, 2.45) is 0 Å². The van der Waals surface area contributed by atoms with Crippen LogP contribution in [-0.2, 0) is 24.1 Å². The van der Waals surface area contributed by atoms with Crippen LogP contribution in [0.5, 0.6) is 0 Å². The molecule has 0 unspecified atom stereocenters. The number of pyridine rings is 1. The van der Waals surface area contributed by atoms with E-state index in [1.807, 2.05) is 27.7 Å². The summed E-state index contributed by atoms with van der Waals surface area (Å²) in [6.45, 7) is 7.63. The van der Waals surface area contributed by atoms with Gasteiger partial charge in [0.15, 0.2) is 5.65 Å². The molecular weight excluding hydrogens is 419 g/mol. The van der Waals surface area contributed by atoms with Crippen LogP contribution >= 0.6 is 0 Å². The van der Waals surface area contributed by atoms with Gasteiger partial charge in [-0.05, 0) is 45.9 Å². The number of rotatable bonds is 4. The molecule has 2 aromatic heterocycles. The summed E-state index contributed by atoms with van der Waals surface area (Å²) in [6.07, 6.45) is 2.74. The highest BCUT2D eigenvalue weighted by molar-refractivity contribution is 7.90. The summed E-state index contributed by atoms with van der Waals surface area (Å²) in [6, 6.07) is 9.61. The van der Waals surface area contributed by atoms with Crippen LogP contribution in [0.15, 0.2) is 53.7 Å². The summed E-state index contributed by atoms with van der Waals surface area (Å²) in [5.41, 5.74) is -0.425. The lowest BCUT2D eigenvalue weighted by Crippen LogP contribution is -2.41. The van der Waals surface area contributed by atoms with Crippen LogP contribution in [-0.4, -0.2) is 48.8 Å². The zero-order chi connectivity index (χ0) is 22.6. The van der Waals surface area contributed by atoms with Gasteiger partial charge in [-0.15, -0.1) is 0 Å². The second-order valence-electron chi connectivity index (χ2n) is 8.37. The van der Waals surface area contributed by atoms with E-state index in [-0.39, 0.29) is 16.1 Å². The number of hydrogen-bond donors (Lipinski definition) is 0. The van der Waals surface area contributed by atoms with Crippen molar-refractivity contribution < 1.29 is 27.3 Å². The summed E-state index contributed by atoms with van der Waals surface area (Å²) >= 11 is 0. The molecule has 3 aromatic rings. The van der Waals surface area contributed by atoms with Crippen LogP contribution in [0, 0.1) is 0 Å². The quantitative estimate of drug-likeness (QED) is 0.452. The van der Waals surface area contributed by atoms with E-state index in [0.29, 0.717) is 10.8 Å². The summed E-state index contributed by atoms with van der Waals surface area (Å²) in [7, 11) is -3.51. The van der Waals surface area contributed by atoms with E-state index in [0.717, 1.165) is 3.97 Å². The summed E-state index contributed by atoms with van der Waals surface area (Å²) in [5, 5.41) is 0.431. The molecule has 1 aliphatic heterocycles. The molecule has 1 aliphatic rings. The molecule has 0 saturated carbocycles. The van der Waals surface area contributed by atoms with Crippen molar-refractivity contribution >= 4 is 39.6 Å². The summed E-state index contributed by atoms with van der Waals surface area (Å²) < 4.78 is 44.9. The Morgan fingerprint density at radius 2 is 1.71 bits per heavy atom. The van der Waals surface area contributed by atoms with Gasteiger partial charge in [-0.25, -0.2) is 22.2 Å². The zero-order valence-electron chi connectivity index (χ0n) is 17.9. The van der Waals surface area contributed by atoms with Crippen molar-refractivity contribution in [1.29, 1.82) is 0 Å². The fourth-order valence-electron chi connectivity index (χ4n) is 3.38. The minimum Gasteiger partial charge on any atom is -0.465 e. The molecule has 162 valence electrons. The molecule has 1 saturated heterocycles. The third-order valence-electron chi connectivity index (χ3n) is 5.87. The lowest BCUT2D eigenvalue weighted by atomic mass is 9.79. The van der Waals surface area contributed by atoms with Crippen LogP contribution in [0.25, 0.3) is 11.0 Å². The van der Waals surface area contributed by atoms with E-state index in [2.05, 4.69) is 4.98 Å². The van der Waals surface area contributed by atoms with Gasteiger partial charge in [-0.3, -0.25) is 0 Å². The lowest BCUT2D eigenvalue weighted by molar-refractivity contribution is 0.00578. The topological polar surface area (TPSA) is 96.7 Å². The molecule has 31 heavy (non-hydrogen) atoms. The second-order valence-corrected chi connectivity index (χ2v) is 10.2. The average Bonchev–Trinajstić information content (AvgIpc) is 3.22. The number of hydrogen-bond acceptors (Lipinski definition) is 7. The van der Waals surface area contributed by atoms with Crippen molar-refractivity contribution in [2.45, 2.75) is 43.8 Å². The Balaban J connectivity index is 1.95.